The molecule has 1 amide bonds. The third-order valence-electron chi connectivity index (χ3n) is 6.05. The van der Waals surface area contributed by atoms with Crippen LogP contribution in [0.15, 0.2) is 40.6 Å². The molecule has 3 atom stereocenters. The molecule has 1 saturated heterocycles. The maximum Gasteiger partial charge on any atom is 0.220 e. The van der Waals surface area contributed by atoms with Crippen LogP contribution in [0.2, 0.25) is 0 Å². The predicted molar refractivity (Wildman–Crippen MR) is 100 cm³/mol. The zero-order valence-electron chi connectivity index (χ0n) is 15.1. The van der Waals surface area contributed by atoms with Gasteiger partial charge in [0.1, 0.15) is 0 Å². The van der Waals surface area contributed by atoms with Crippen LogP contribution in [0.25, 0.3) is 0 Å². The first-order valence-corrected chi connectivity index (χ1v) is 9.64. The number of rotatable bonds is 8. The van der Waals surface area contributed by atoms with E-state index in [1.54, 1.807) is 0 Å². The summed E-state index contributed by atoms with van der Waals surface area (Å²) >= 11 is 0. The number of hydrogen-bond donors (Lipinski definition) is 1. The number of terminal acetylenes is 1. The monoisotopic (exact) mass is 350 g/mol. The first-order valence-electron chi connectivity index (χ1n) is 9.64. The van der Waals surface area contributed by atoms with Gasteiger partial charge in [0.15, 0.2) is 5.66 Å². The Morgan fingerprint density at radius 2 is 2.08 bits per heavy atom. The summed E-state index contributed by atoms with van der Waals surface area (Å²) in [6.45, 7) is 2.06. The van der Waals surface area contributed by atoms with Crippen LogP contribution in [0.3, 0.4) is 0 Å². The van der Waals surface area contributed by atoms with E-state index < -0.39 is 0 Å². The van der Waals surface area contributed by atoms with Crippen molar-refractivity contribution in [2.45, 2.75) is 62.8 Å². The Balaban J connectivity index is 1.27. The second-order valence-electron chi connectivity index (χ2n) is 7.80. The fraction of sp³-hybridized carbons (Fsp3) is 0.571. The number of carbonyl (C=O) groups excluding carboxylic acids is 1. The number of piperidine rings is 1. The minimum atomic E-state index is -0.363. The predicted octanol–water partition coefficient (Wildman–Crippen LogP) is 3.12. The Morgan fingerprint density at radius 3 is 2.81 bits per heavy atom. The van der Waals surface area contributed by atoms with Gasteiger partial charge in [0, 0.05) is 50.9 Å². The second-order valence-corrected chi connectivity index (χ2v) is 7.80. The molecule has 2 heterocycles. The lowest BCUT2D eigenvalue weighted by molar-refractivity contribution is -0.122. The molecule has 1 N–H and O–H groups in total. The molecule has 0 radical (unpaired) electrons. The molecule has 26 heavy (non-hydrogen) atoms. The van der Waals surface area contributed by atoms with Gasteiger partial charge in [0.2, 0.25) is 5.91 Å². The number of amides is 1. The van der Waals surface area contributed by atoms with Gasteiger partial charge in [-0.2, -0.15) is 10.2 Å². The molecule has 0 unspecified atom stereocenters. The SMILES string of the molecule is C#CCCC1(CCC(=O)N[C@@H]2[C@@H]3CC[C@H]2N(Cc2ccccc2)C3)N=N1. The molecule has 0 spiro atoms. The van der Waals surface area contributed by atoms with Crippen molar-refractivity contribution in [3.05, 3.63) is 35.9 Å². The zero-order valence-corrected chi connectivity index (χ0v) is 15.1. The number of likely N-dealkylation sites (tertiary alicyclic amines) is 1. The Morgan fingerprint density at radius 1 is 1.27 bits per heavy atom. The summed E-state index contributed by atoms with van der Waals surface area (Å²) in [5, 5.41) is 11.5. The van der Waals surface area contributed by atoms with Gasteiger partial charge in [-0.15, -0.1) is 12.3 Å². The molecule has 1 saturated carbocycles. The van der Waals surface area contributed by atoms with E-state index in [1.807, 2.05) is 0 Å². The number of benzene rings is 1. The van der Waals surface area contributed by atoms with Crippen LogP contribution in [0.4, 0.5) is 0 Å². The van der Waals surface area contributed by atoms with Crippen LogP contribution in [-0.2, 0) is 11.3 Å². The highest BCUT2D eigenvalue weighted by molar-refractivity contribution is 5.76. The summed E-state index contributed by atoms with van der Waals surface area (Å²) in [4.78, 5) is 15.0. The average Bonchev–Trinajstić information content (AvgIpc) is 3.26. The lowest BCUT2D eigenvalue weighted by Crippen LogP contribution is -2.43. The van der Waals surface area contributed by atoms with Crippen LogP contribution < -0.4 is 5.32 Å². The topological polar surface area (TPSA) is 57.1 Å². The van der Waals surface area contributed by atoms with Crippen LogP contribution in [-0.4, -0.2) is 35.1 Å². The molecular formula is C21H26N4O. The van der Waals surface area contributed by atoms with Crippen molar-refractivity contribution in [2.75, 3.05) is 6.54 Å². The van der Waals surface area contributed by atoms with Gasteiger partial charge in [0.05, 0.1) is 0 Å². The lowest BCUT2D eigenvalue weighted by Gasteiger charge is -2.27. The number of nitrogens with one attached hydrogen (secondary N) is 1. The minimum absolute atomic E-state index is 0.130. The first kappa shape index (κ1) is 17.2. The van der Waals surface area contributed by atoms with Crippen LogP contribution >= 0.6 is 0 Å². The highest BCUT2D eigenvalue weighted by atomic mass is 16.1. The largest absolute Gasteiger partial charge is 0.351 e. The van der Waals surface area contributed by atoms with E-state index in [0.717, 1.165) is 19.5 Å². The van der Waals surface area contributed by atoms with E-state index >= 15 is 0 Å². The number of hydrogen-bond acceptors (Lipinski definition) is 4. The summed E-state index contributed by atoms with van der Waals surface area (Å²) in [6, 6.07) is 11.4. The van der Waals surface area contributed by atoms with Crippen molar-refractivity contribution in [1.82, 2.24) is 10.2 Å². The normalized spacial score (nSPS) is 28.0. The highest BCUT2D eigenvalue weighted by Gasteiger charge is 2.47. The molecular weight excluding hydrogens is 324 g/mol. The zero-order chi connectivity index (χ0) is 18.0. The number of nitrogens with zero attached hydrogens (tertiary/aromatic N) is 3. The molecule has 4 rings (SSSR count). The van der Waals surface area contributed by atoms with Crippen molar-refractivity contribution in [3.8, 4) is 12.3 Å². The molecule has 1 aliphatic carbocycles. The van der Waals surface area contributed by atoms with E-state index in [2.05, 4.69) is 56.7 Å². The smallest absolute Gasteiger partial charge is 0.220 e. The molecule has 5 heteroatoms. The lowest BCUT2D eigenvalue weighted by atomic mass is 10.0. The van der Waals surface area contributed by atoms with Crippen molar-refractivity contribution >= 4 is 5.91 Å². The van der Waals surface area contributed by atoms with Gasteiger partial charge >= 0.3 is 0 Å². The van der Waals surface area contributed by atoms with Gasteiger partial charge in [-0.05, 0) is 24.3 Å². The molecule has 5 nitrogen and oxygen atoms in total. The van der Waals surface area contributed by atoms with Crippen LogP contribution in [0.1, 0.15) is 44.1 Å². The Bertz CT molecular complexity index is 717. The minimum Gasteiger partial charge on any atom is -0.351 e. The molecule has 1 aromatic rings. The summed E-state index contributed by atoms with van der Waals surface area (Å²) < 4.78 is 0. The molecule has 2 fully saturated rings. The molecule has 136 valence electrons. The van der Waals surface area contributed by atoms with Crippen LogP contribution in [0, 0.1) is 18.3 Å². The quantitative estimate of drug-likeness (QED) is 0.733. The summed E-state index contributed by atoms with van der Waals surface area (Å²) in [6.07, 6.45) is 10.3. The molecule has 3 aliphatic rings. The Labute approximate surface area is 155 Å². The van der Waals surface area contributed by atoms with E-state index in [9.17, 15) is 4.79 Å². The van der Waals surface area contributed by atoms with Gasteiger partial charge in [-0.25, -0.2) is 0 Å². The Kier molecular flexibility index (Phi) is 4.78. The fourth-order valence-electron chi connectivity index (χ4n) is 4.56. The van der Waals surface area contributed by atoms with Gasteiger partial charge in [-0.1, -0.05) is 30.3 Å². The van der Waals surface area contributed by atoms with Crippen molar-refractivity contribution in [1.29, 1.82) is 0 Å². The van der Waals surface area contributed by atoms with Gasteiger partial charge in [0.25, 0.3) is 0 Å². The Hall–Kier alpha value is -2.19. The maximum absolute atomic E-state index is 12.5. The number of carbonyl (C=O) groups is 1. The standard InChI is InChI=1S/C21H26N4O/c1-2-3-12-21(23-24-21)13-11-19(26)22-20-17-9-10-18(20)25(15-17)14-16-7-5-4-6-8-16/h1,4-8,17-18,20H,3,9-15H2,(H,22,26)/t17-,18-,20-/m1/s1. The van der Waals surface area contributed by atoms with Crippen molar-refractivity contribution in [2.24, 2.45) is 16.1 Å². The summed E-state index contributed by atoms with van der Waals surface area (Å²) in [5.41, 5.74) is 0.982. The van der Waals surface area contributed by atoms with Crippen molar-refractivity contribution < 1.29 is 4.79 Å². The van der Waals surface area contributed by atoms with E-state index in [4.69, 9.17) is 6.42 Å². The summed E-state index contributed by atoms with van der Waals surface area (Å²) in [7, 11) is 0. The molecule has 2 aliphatic heterocycles. The van der Waals surface area contributed by atoms with Gasteiger partial charge in [-0.3, -0.25) is 9.69 Å². The van der Waals surface area contributed by atoms with E-state index in [1.165, 1.54) is 18.4 Å². The highest BCUT2D eigenvalue weighted by Crippen LogP contribution is 2.40. The second kappa shape index (κ2) is 7.20. The van der Waals surface area contributed by atoms with Crippen LogP contribution in [0.5, 0.6) is 0 Å². The number of fused-ring (bicyclic) bond motifs is 2. The summed E-state index contributed by atoms with van der Waals surface area (Å²) in [5.74, 6) is 3.34. The third kappa shape index (κ3) is 3.66. The fourth-order valence-corrected chi connectivity index (χ4v) is 4.56. The van der Waals surface area contributed by atoms with E-state index in [0.29, 0.717) is 37.3 Å². The maximum atomic E-state index is 12.5. The molecule has 0 aromatic heterocycles. The first-order chi connectivity index (χ1) is 12.7. The van der Waals surface area contributed by atoms with E-state index in [-0.39, 0.29) is 11.6 Å². The molecule has 1 aromatic carbocycles. The average molecular weight is 350 g/mol. The molecule has 2 bridgehead atoms. The third-order valence-corrected chi connectivity index (χ3v) is 6.05. The van der Waals surface area contributed by atoms with Crippen molar-refractivity contribution in [3.63, 3.8) is 0 Å². The van der Waals surface area contributed by atoms with Gasteiger partial charge < -0.3 is 5.32 Å².